The first kappa shape index (κ1) is 33.3. The lowest BCUT2D eigenvalue weighted by atomic mass is 10.0. The first-order chi connectivity index (χ1) is 18.0. The fourth-order valence-electron chi connectivity index (χ4n) is 4.12. The predicted octanol–water partition coefficient (Wildman–Crippen LogP) is 0.187. The summed E-state index contributed by atoms with van der Waals surface area (Å²) in [6, 6.07) is 0. The summed E-state index contributed by atoms with van der Waals surface area (Å²) in [7, 11) is 0. The summed E-state index contributed by atoms with van der Waals surface area (Å²) in [5.74, 6) is -1.93. The zero-order chi connectivity index (χ0) is 28.5. The Bertz CT molecular complexity index is 785. The Hall–Kier alpha value is -2.74. The van der Waals surface area contributed by atoms with Crippen molar-refractivity contribution >= 4 is 17.8 Å². The van der Waals surface area contributed by atoms with Crippen LogP contribution in [0.4, 0.5) is 4.53 Å². The van der Waals surface area contributed by atoms with Gasteiger partial charge in [-0.15, -0.1) is 0 Å². The van der Waals surface area contributed by atoms with Gasteiger partial charge in [-0.05, 0) is 18.8 Å². The standard InChI is InChI=1S/C25H45FN6O6/c1-20(22(3)27)6-4-5-7-28-23(34)17-30-10-13-31(18-24(35)36)12-8-29(16-21(2)33)9-14-32(15-11-30)19-25(37)38-26/h20,33H,2-19,27H2,1H3,(H,28,34)(H,35,36). The van der Waals surface area contributed by atoms with Crippen LogP contribution in [0.3, 0.4) is 0 Å². The third-order valence-corrected chi connectivity index (χ3v) is 6.52. The molecular weight excluding hydrogens is 499 g/mol. The Balaban J connectivity index is 2.80. The van der Waals surface area contributed by atoms with Crippen LogP contribution in [0.2, 0.25) is 0 Å². The van der Waals surface area contributed by atoms with E-state index >= 15 is 0 Å². The lowest BCUT2D eigenvalue weighted by Crippen LogP contribution is -2.49. The van der Waals surface area contributed by atoms with Crippen LogP contribution in [0.25, 0.3) is 0 Å². The molecule has 12 nitrogen and oxygen atoms in total. The van der Waals surface area contributed by atoms with Crippen molar-refractivity contribution in [3.05, 3.63) is 24.6 Å². The molecule has 0 aromatic carbocycles. The second-order valence-electron chi connectivity index (χ2n) is 9.84. The fraction of sp³-hybridized carbons (Fsp3) is 0.720. The first-order valence-corrected chi connectivity index (χ1v) is 13.0. The fourth-order valence-corrected chi connectivity index (χ4v) is 4.12. The molecule has 1 saturated heterocycles. The molecule has 1 amide bonds. The number of aliphatic carboxylic acids is 1. The van der Waals surface area contributed by atoms with E-state index in [2.05, 4.69) is 23.4 Å². The summed E-state index contributed by atoms with van der Waals surface area (Å²) >= 11 is 0. The number of halogens is 1. The lowest BCUT2D eigenvalue weighted by molar-refractivity contribution is -0.184. The van der Waals surface area contributed by atoms with Gasteiger partial charge in [-0.1, -0.05) is 26.5 Å². The number of carboxylic acid groups (broad SMARTS) is 1. The number of nitrogens with one attached hydrogen (secondary N) is 1. The van der Waals surface area contributed by atoms with Gasteiger partial charge in [-0.2, -0.15) is 0 Å². The second kappa shape index (κ2) is 18.5. The average molecular weight is 545 g/mol. The van der Waals surface area contributed by atoms with Gasteiger partial charge in [-0.3, -0.25) is 34.1 Å². The predicted molar refractivity (Wildman–Crippen MR) is 142 cm³/mol. The Morgan fingerprint density at radius 2 is 1.34 bits per heavy atom. The van der Waals surface area contributed by atoms with Gasteiger partial charge < -0.3 is 21.3 Å². The van der Waals surface area contributed by atoms with E-state index in [1.807, 2.05) is 16.7 Å². The number of amides is 1. The number of nitrogens with zero attached hydrogens (tertiary/aromatic N) is 4. The normalized spacial score (nSPS) is 18.1. The molecule has 218 valence electrons. The second-order valence-corrected chi connectivity index (χ2v) is 9.84. The van der Waals surface area contributed by atoms with Crippen LogP contribution in [0.5, 0.6) is 0 Å². The zero-order valence-electron chi connectivity index (χ0n) is 22.6. The molecule has 0 saturated carbocycles. The van der Waals surface area contributed by atoms with E-state index in [1.165, 1.54) is 0 Å². The van der Waals surface area contributed by atoms with Gasteiger partial charge in [0.2, 0.25) is 5.91 Å². The molecule has 1 rings (SSSR count). The molecule has 1 aliphatic heterocycles. The summed E-state index contributed by atoms with van der Waals surface area (Å²) in [5.41, 5.74) is 6.36. The van der Waals surface area contributed by atoms with E-state index < -0.39 is 11.9 Å². The van der Waals surface area contributed by atoms with E-state index in [9.17, 15) is 29.1 Å². The monoisotopic (exact) mass is 544 g/mol. The van der Waals surface area contributed by atoms with E-state index in [1.54, 1.807) is 9.80 Å². The molecule has 1 unspecified atom stereocenters. The lowest BCUT2D eigenvalue weighted by Gasteiger charge is -2.33. The molecule has 0 spiro atoms. The number of allylic oxidation sites excluding steroid dienone is 1. The van der Waals surface area contributed by atoms with E-state index in [-0.39, 0.29) is 43.8 Å². The minimum atomic E-state index is -1.01. The van der Waals surface area contributed by atoms with Crippen molar-refractivity contribution in [1.82, 2.24) is 24.9 Å². The Labute approximate surface area is 224 Å². The van der Waals surface area contributed by atoms with Crippen molar-refractivity contribution < 1.29 is 34.1 Å². The Kier molecular flexibility index (Phi) is 16.2. The number of carbonyl (C=O) groups excluding carboxylic acids is 2. The number of hydrogen-bond donors (Lipinski definition) is 4. The molecule has 0 radical (unpaired) electrons. The molecule has 13 heteroatoms. The van der Waals surface area contributed by atoms with Crippen molar-refractivity contribution in [2.75, 3.05) is 85.1 Å². The van der Waals surface area contributed by atoms with Gasteiger partial charge in [0.05, 0.1) is 25.4 Å². The number of nitrogens with two attached hydrogens (primary N) is 1. The van der Waals surface area contributed by atoms with Crippen LogP contribution >= 0.6 is 0 Å². The highest BCUT2D eigenvalue weighted by atomic mass is 19.3. The number of aliphatic hydroxyl groups excluding tert-OH is 1. The van der Waals surface area contributed by atoms with Crippen molar-refractivity contribution in [3.63, 3.8) is 0 Å². The SMILES string of the molecule is C=C(O)CN1CCN(CC(=O)O)CCN(CC(=O)NCCCCC(C)C(=C)N)CCN(CC(=O)OF)CC1. The van der Waals surface area contributed by atoms with Gasteiger partial charge in [-0.25, -0.2) is 4.79 Å². The largest absolute Gasteiger partial charge is 0.512 e. The third kappa shape index (κ3) is 15.5. The highest BCUT2D eigenvalue weighted by molar-refractivity contribution is 5.78. The number of carboxylic acids is 1. The Morgan fingerprint density at radius 1 is 0.868 bits per heavy atom. The van der Waals surface area contributed by atoms with Gasteiger partial charge in [0.25, 0.3) is 0 Å². The summed E-state index contributed by atoms with van der Waals surface area (Å²) in [5, 5.41) is 21.9. The van der Waals surface area contributed by atoms with Crippen LogP contribution in [0, 0.1) is 5.92 Å². The molecule has 0 aliphatic carbocycles. The van der Waals surface area contributed by atoms with E-state index in [0.29, 0.717) is 64.6 Å². The van der Waals surface area contributed by atoms with Crippen molar-refractivity contribution in [2.45, 2.75) is 26.2 Å². The van der Waals surface area contributed by atoms with Crippen LogP contribution in [-0.2, 0) is 19.3 Å². The molecule has 1 atom stereocenters. The first-order valence-electron chi connectivity index (χ1n) is 13.0. The quantitative estimate of drug-likeness (QED) is 0.175. The number of rotatable bonds is 14. The maximum atomic E-state index is 12.6. The van der Waals surface area contributed by atoms with Crippen LogP contribution in [0.15, 0.2) is 24.6 Å². The molecule has 0 aromatic heterocycles. The molecule has 1 heterocycles. The van der Waals surface area contributed by atoms with E-state index in [4.69, 9.17) is 5.73 Å². The number of hydrogen-bond acceptors (Lipinski definition) is 10. The highest BCUT2D eigenvalue weighted by Gasteiger charge is 2.21. The van der Waals surface area contributed by atoms with E-state index in [0.717, 1.165) is 19.3 Å². The summed E-state index contributed by atoms with van der Waals surface area (Å²) in [6.07, 6.45) is 2.62. The van der Waals surface area contributed by atoms with Crippen molar-refractivity contribution in [1.29, 1.82) is 0 Å². The molecule has 1 fully saturated rings. The average Bonchev–Trinajstić information content (AvgIpc) is 2.84. The molecule has 38 heavy (non-hydrogen) atoms. The van der Waals surface area contributed by atoms with Crippen LogP contribution in [-0.4, -0.2) is 133 Å². The molecule has 0 bridgehead atoms. The zero-order valence-corrected chi connectivity index (χ0v) is 22.6. The highest BCUT2D eigenvalue weighted by Crippen LogP contribution is 2.11. The van der Waals surface area contributed by atoms with Gasteiger partial charge in [0, 0.05) is 69.1 Å². The summed E-state index contributed by atoms with van der Waals surface area (Å²) < 4.78 is 12.4. The van der Waals surface area contributed by atoms with Gasteiger partial charge in [0.1, 0.15) is 6.54 Å². The van der Waals surface area contributed by atoms with Crippen molar-refractivity contribution in [2.24, 2.45) is 11.7 Å². The number of carbonyl (C=O) groups is 3. The molecule has 5 N–H and O–H groups in total. The Morgan fingerprint density at radius 3 is 1.79 bits per heavy atom. The number of unbranched alkanes of at least 4 members (excludes halogenated alkanes) is 1. The minimum Gasteiger partial charge on any atom is -0.512 e. The number of aliphatic hydroxyl groups is 1. The maximum Gasteiger partial charge on any atom is 0.362 e. The third-order valence-electron chi connectivity index (χ3n) is 6.52. The molecule has 1 aliphatic rings. The molecule has 0 aromatic rings. The summed E-state index contributed by atoms with van der Waals surface area (Å²) in [6.45, 7) is 12.9. The smallest absolute Gasteiger partial charge is 0.362 e. The van der Waals surface area contributed by atoms with Gasteiger partial charge in [0.15, 0.2) is 0 Å². The minimum absolute atomic E-state index is 0.0341. The maximum absolute atomic E-state index is 12.6. The van der Waals surface area contributed by atoms with Crippen molar-refractivity contribution in [3.8, 4) is 0 Å². The van der Waals surface area contributed by atoms with Crippen LogP contribution in [0.1, 0.15) is 26.2 Å². The molecular formula is C25H45FN6O6. The van der Waals surface area contributed by atoms with Gasteiger partial charge >= 0.3 is 11.9 Å². The summed E-state index contributed by atoms with van der Waals surface area (Å²) in [4.78, 5) is 46.3. The van der Waals surface area contributed by atoms with Crippen LogP contribution < -0.4 is 11.1 Å². The topological polar surface area (TPSA) is 152 Å².